The largest absolute Gasteiger partial charge is 0.271 e. The van der Waals surface area contributed by atoms with Gasteiger partial charge in [0, 0.05) is 24.4 Å². The van der Waals surface area contributed by atoms with Gasteiger partial charge in [-0.1, -0.05) is 6.07 Å². The Morgan fingerprint density at radius 2 is 2.47 bits per heavy atom. The lowest BCUT2D eigenvalue weighted by Crippen LogP contribution is -2.28. The number of hydrazine groups is 1. The number of hydrogen-bond donors (Lipinski definition) is 2. The van der Waals surface area contributed by atoms with Gasteiger partial charge in [0.05, 0.1) is 0 Å². The lowest BCUT2D eigenvalue weighted by molar-refractivity contribution is 0.498. The van der Waals surface area contributed by atoms with Crippen LogP contribution in [0.1, 0.15) is 36.6 Å². The summed E-state index contributed by atoms with van der Waals surface area (Å²) in [6.45, 7) is 1.99. The number of aromatic nitrogens is 1. The zero-order chi connectivity index (χ0) is 11.1. The van der Waals surface area contributed by atoms with Gasteiger partial charge in [0.1, 0.15) is 0 Å². The summed E-state index contributed by atoms with van der Waals surface area (Å²) in [7, 11) is 0. The van der Waals surface area contributed by atoms with Gasteiger partial charge in [-0.2, -0.15) is 0 Å². The van der Waals surface area contributed by atoms with E-state index in [0.29, 0.717) is 0 Å². The van der Waals surface area contributed by atoms with Crippen LogP contribution in [0.4, 0.5) is 0 Å². The van der Waals surface area contributed by atoms with Gasteiger partial charge in [-0.05, 0) is 31.4 Å². The summed E-state index contributed by atoms with van der Waals surface area (Å²) < 4.78 is 0. The van der Waals surface area contributed by atoms with Crippen molar-refractivity contribution in [2.24, 2.45) is 5.84 Å². The number of nitrogens with two attached hydrogens (primary N) is 1. The maximum absolute atomic E-state index is 5.53. The predicted molar refractivity (Wildman–Crippen MR) is 61.7 cm³/mol. The summed E-state index contributed by atoms with van der Waals surface area (Å²) in [5.41, 5.74) is 4.97. The van der Waals surface area contributed by atoms with Gasteiger partial charge in [-0.15, -0.1) is 12.3 Å². The first kappa shape index (κ1) is 11.7. The van der Waals surface area contributed by atoms with E-state index in [4.69, 9.17) is 12.3 Å². The van der Waals surface area contributed by atoms with Crippen molar-refractivity contribution >= 4 is 0 Å². The maximum atomic E-state index is 5.53. The molecule has 0 saturated carbocycles. The molecule has 1 aromatic rings. The van der Waals surface area contributed by atoms with Crippen LogP contribution >= 0.6 is 0 Å². The molecule has 0 aliphatic rings. The Bertz CT molecular complexity index is 341. The van der Waals surface area contributed by atoms with Crippen molar-refractivity contribution in [3.63, 3.8) is 0 Å². The summed E-state index contributed by atoms with van der Waals surface area (Å²) >= 11 is 0. The molecule has 0 amide bonds. The van der Waals surface area contributed by atoms with Crippen molar-refractivity contribution in [2.45, 2.75) is 32.2 Å². The van der Waals surface area contributed by atoms with Crippen LogP contribution in [-0.4, -0.2) is 4.98 Å². The van der Waals surface area contributed by atoms with Gasteiger partial charge in [-0.3, -0.25) is 16.3 Å². The maximum Gasteiger partial charge on any atom is 0.0478 e. The molecule has 15 heavy (non-hydrogen) atoms. The average molecular weight is 203 g/mol. The van der Waals surface area contributed by atoms with E-state index in [9.17, 15) is 0 Å². The Morgan fingerprint density at radius 3 is 3.07 bits per heavy atom. The Labute approximate surface area is 91.1 Å². The van der Waals surface area contributed by atoms with Crippen molar-refractivity contribution in [1.82, 2.24) is 10.4 Å². The summed E-state index contributed by atoms with van der Waals surface area (Å²) in [6.07, 6.45) is 9.70. The minimum absolute atomic E-state index is 0.145. The molecular weight excluding hydrogens is 186 g/mol. The summed E-state index contributed by atoms with van der Waals surface area (Å²) in [4.78, 5) is 4.24. The fourth-order valence-corrected chi connectivity index (χ4v) is 1.60. The monoisotopic (exact) mass is 203 g/mol. The molecule has 0 aromatic carbocycles. The van der Waals surface area contributed by atoms with Crippen LogP contribution in [0.25, 0.3) is 0 Å². The lowest BCUT2D eigenvalue weighted by Gasteiger charge is -2.17. The molecule has 0 radical (unpaired) electrons. The van der Waals surface area contributed by atoms with E-state index in [1.54, 1.807) is 6.20 Å². The van der Waals surface area contributed by atoms with Crippen LogP contribution in [0.2, 0.25) is 0 Å². The quantitative estimate of drug-likeness (QED) is 0.331. The second-order valence-corrected chi connectivity index (χ2v) is 3.49. The van der Waals surface area contributed by atoms with Crippen molar-refractivity contribution in [1.29, 1.82) is 0 Å². The summed E-state index contributed by atoms with van der Waals surface area (Å²) in [5.74, 6) is 8.16. The Hall–Kier alpha value is -1.37. The topological polar surface area (TPSA) is 50.9 Å². The predicted octanol–water partition coefficient (Wildman–Crippen LogP) is 1.70. The zero-order valence-corrected chi connectivity index (χ0v) is 9.03. The van der Waals surface area contributed by atoms with Crippen molar-refractivity contribution in [3.8, 4) is 12.3 Å². The van der Waals surface area contributed by atoms with Crippen molar-refractivity contribution < 1.29 is 0 Å². The molecule has 1 heterocycles. The second kappa shape index (κ2) is 6.18. The van der Waals surface area contributed by atoms with Crippen LogP contribution in [-0.2, 0) is 0 Å². The standard InChI is InChI=1S/C12H17N3/c1-3-4-5-8-12(15-13)11-7-6-9-14-10(11)2/h1,6-7,9,12,15H,4-5,8,13H2,2H3. The number of hydrogen-bond acceptors (Lipinski definition) is 3. The average Bonchev–Trinajstić information content (AvgIpc) is 2.26. The highest BCUT2D eigenvalue weighted by Gasteiger charge is 2.11. The summed E-state index contributed by atoms with van der Waals surface area (Å²) in [6, 6.07) is 4.11. The van der Waals surface area contributed by atoms with E-state index < -0.39 is 0 Å². The minimum atomic E-state index is 0.145. The Balaban J connectivity index is 2.66. The number of unbranched alkanes of at least 4 members (excludes halogenated alkanes) is 1. The smallest absolute Gasteiger partial charge is 0.0478 e. The Morgan fingerprint density at radius 1 is 1.67 bits per heavy atom. The van der Waals surface area contributed by atoms with Crippen LogP contribution in [0.15, 0.2) is 18.3 Å². The SMILES string of the molecule is C#CCCCC(NN)c1cccnc1C. The van der Waals surface area contributed by atoms with Gasteiger partial charge in [0.15, 0.2) is 0 Å². The van der Waals surface area contributed by atoms with E-state index in [-0.39, 0.29) is 6.04 Å². The van der Waals surface area contributed by atoms with E-state index in [1.165, 1.54) is 0 Å². The van der Waals surface area contributed by atoms with Gasteiger partial charge in [0.2, 0.25) is 0 Å². The van der Waals surface area contributed by atoms with Gasteiger partial charge in [-0.25, -0.2) is 0 Å². The van der Waals surface area contributed by atoms with Gasteiger partial charge < -0.3 is 0 Å². The zero-order valence-electron chi connectivity index (χ0n) is 9.03. The first-order valence-corrected chi connectivity index (χ1v) is 5.10. The molecule has 0 spiro atoms. The highest BCUT2D eigenvalue weighted by atomic mass is 15.2. The third-order valence-electron chi connectivity index (χ3n) is 2.44. The molecule has 0 saturated heterocycles. The molecule has 0 fully saturated rings. The fourth-order valence-electron chi connectivity index (χ4n) is 1.60. The van der Waals surface area contributed by atoms with Crippen LogP contribution in [0, 0.1) is 19.3 Å². The number of rotatable bonds is 5. The molecule has 80 valence electrons. The normalized spacial score (nSPS) is 12.1. The lowest BCUT2D eigenvalue weighted by atomic mass is 10.0. The van der Waals surface area contributed by atoms with Gasteiger partial charge >= 0.3 is 0 Å². The molecule has 1 atom stereocenters. The number of nitrogens with zero attached hydrogens (tertiary/aromatic N) is 1. The number of terminal acetylenes is 1. The first-order chi connectivity index (χ1) is 7.29. The molecule has 1 aromatic heterocycles. The molecule has 3 N–H and O–H groups in total. The van der Waals surface area contributed by atoms with Crippen LogP contribution < -0.4 is 11.3 Å². The first-order valence-electron chi connectivity index (χ1n) is 5.10. The van der Waals surface area contributed by atoms with E-state index in [1.807, 2.05) is 19.1 Å². The highest BCUT2D eigenvalue weighted by Crippen LogP contribution is 2.20. The third-order valence-corrected chi connectivity index (χ3v) is 2.44. The summed E-state index contributed by atoms with van der Waals surface area (Å²) in [5, 5.41) is 0. The minimum Gasteiger partial charge on any atom is -0.271 e. The van der Waals surface area contributed by atoms with Crippen molar-refractivity contribution in [2.75, 3.05) is 0 Å². The van der Waals surface area contributed by atoms with E-state index >= 15 is 0 Å². The second-order valence-electron chi connectivity index (χ2n) is 3.49. The molecule has 3 nitrogen and oxygen atoms in total. The Kier molecular flexibility index (Phi) is 4.82. The number of nitrogens with one attached hydrogen (secondary N) is 1. The van der Waals surface area contributed by atoms with E-state index in [0.717, 1.165) is 30.5 Å². The fraction of sp³-hybridized carbons (Fsp3) is 0.417. The van der Waals surface area contributed by atoms with Crippen LogP contribution in [0.3, 0.4) is 0 Å². The molecule has 1 rings (SSSR count). The molecule has 0 aliphatic carbocycles. The third kappa shape index (κ3) is 3.35. The molecule has 3 heteroatoms. The molecular formula is C12H17N3. The van der Waals surface area contributed by atoms with Crippen LogP contribution in [0.5, 0.6) is 0 Å². The highest BCUT2D eigenvalue weighted by molar-refractivity contribution is 5.22. The molecule has 0 bridgehead atoms. The van der Waals surface area contributed by atoms with Crippen molar-refractivity contribution in [3.05, 3.63) is 29.6 Å². The number of pyridine rings is 1. The molecule has 0 aliphatic heterocycles. The van der Waals surface area contributed by atoms with Gasteiger partial charge in [0.25, 0.3) is 0 Å². The number of aryl methyl sites for hydroxylation is 1. The van der Waals surface area contributed by atoms with E-state index in [2.05, 4.69) is 16.3 Å². The molecule has 1 unspecified atom stereocenters.